The van der Waals surface area contributed by atoms with E-state index in [1.165, 1.54) is 0 Å². The van der Waals surface area contributed by atoms with Gasteiger partial charge in [0.25, 0.3) is 5.91 Å². The molecule has 0 aliphatic heterocycles. The first kappa shape index (κ1) is 16.5. The fourth-order valence-corrected chi connectivity index (χ4v) is 2.39. The maximum absolute atomic E-state index is 12.0. The van der Waals surface area contributed by atoms with Crippen molar-refractivity contribution in [3.8, 4) is 5.75 Å². The van der Waals surface area contributed by atoms with Gasteiger partial charge in [0, 0.05) is 10.2 Å². The van der Waals surface area contributed by atoms with Gasteiger partial charge in [-0.05, 0) is 30.3 Å². The van der Waals surface area contributed by atoms with Gasteiger partial charge in [-0.1, -0.05) is 40.2 Å². The Bertz CT molecular complexity index is 605. The fraction of sp³-hybridized carbons (Fsp3) is 0.235. The van der Waals surface area contributed by atoms with E-state index in [-0.39, 0.29) is 5.91 Å². The lowest BCUT2D eigenvalue weighted by atomic mass is 10.3. The molecule has 0 aliphatic carbocycles. The van der Waals surface area contributed by atoms with Crippen molar-refractivity contribution in [2.45, 2.75) is 0 Å². The fourth-order valence-electron chi connectivity index (χ4n) is 1.99. The predicted octanol–water partition coefficient (Wildman–Crippen LogP) is 1.98. The van der Waals surface area contributed by atoms with Crippen LogP contribution >= 0.6 is 15.9 Å². The van der Waals surface area contributed by atoms with E-state index in [2.05, 4.69) is 21.2 Å². The Kier molecular flexibility index (Phi) is 6.43. The number of nitrogens with one attached hydrogen (secondary N) is 2. The second-order valence-electron chi connectivity index (χ2n) is 5.10. The molecule has 0 spiro atoms. The number of carbonyl (C=O) groups excluding carboxylic acids is 1. The summed E-state index contributed by atoms with van der Waals surface area (Å²) in [5.41, 5.74) is 0.799. The zero-order chi connectivity index (χ0) is 15.8. The molecule has 0 fully saturated rings. The molecule has 2 aromatic rings. The number of amides is 1. The smallest absolute Gasteiger partial charge is 0.279 e. The third-order valence-electron chi connectivity index (χ3n) is 3.11. The summed E-state index contributed by atoms with van der Waals surface area (Å²) in [5.74, 6) is 0.851. The van der Waals surface area contributed by atoms with Crippen LogP contribution in [0.4, 0.5) is 5.69 Å². The van der Waals surface area contributed by atoms with E-state index in [0.29, 0.717) is 13.2 Å². The van der Waals surface area contributed by atoms with E-state index in [4.69, 9.17) is 4.74 Å². The molecule has 1 atom stereocenters. The van der Waals surface area contributed by atoms with Gasteiger partial charge in [-0.3, -0.25) is 4.79 Å². The van der Waals surface area contributed by atoms with Crippen molar-refractivity contribution >= 4 is 27.5 Å². The van der Waals surface area contributed by atoms with Crippen LogP contribution in [-0.4, -0.2) is 32.7 Å². The number of benzene rings is 2. The Morgan fingerprint density at radius 1 is 1.18 bits per heavy atom. The molecule has 1 unspecified atom stereocenters. The largest absolute Gasteiger partial charge is 0.488 e. The zero-order valence-corrected chi connectivity index (χ0v) is 14.1. The Morgan fingerprint density at radius 2 is 1.95 bits per heavy atom. The van der Waals surface area contributed by atoms with E-state index < -0.39 is 0 Å². The maximum Gasteiger partial charge on any atom is 0.279 e. The van der Waals surface area contributed by atoms with Crippen LogP contribution < -0.4 is 15.0 Å². The summed E-state index contributed by atoms with van der Waals surface area (Å²) in [7, 11) is 1.98. The van der Waals surface area contributed by atoms with Crippen molar-refractivity contribution in [1.82, 2.24) is 0 Å². The van der Waals surface area contributed by atoms with Gasteiger partial charge < -0.3 is 15.0 Å². The van der Waals surface area contributed by atoms with Crippen molar-refractivity contribution in [3.63, 3.8) is 0 Å². The van der Waals surface area contributed by atoms with Crippen LogP contribution in [0.15, 0.2) is 59.1 Å². The first-order valence-electron chi connectivity index (χ1n) is 7.18. The van der Waals surface area contributed by atoms with Gasteiger partial charge >= 0.3 is 0 Å². The van der Waals surface area contributed by atoms with Gasteiger partial charge in [0.2, 0.25) is 0 Å². The number of rotatable bonds is 7. The third-order valence-corrected chi connectivity index (χ3v) is 3.60. The topological polar surface area (TPSA) is 42.8 Å². The summed E-state index contributed by atoms with van der Waals surface area (Å²) in [5, 5.41) is 2.89. The summed E-state index contributed by atoms with van der Waals surface area (Å²) in [6.45, 7) is 1.76. The molecule has 0 aromatic heterocycles. The Hall–Kier alpha value is -1.85. The first-order chi connectivity index (χ1) is 10.6. The van der Waals surface area contributed by atoms with Gasteiger partial charge in [0.05, 0.1) is 7.05 Å². The summed E-state index contributed by atoms with van der Waals surface area (Å²) >= 11 is 3.39. The van der Waals surface area contributed by atoms with E-state index in [1.54, 1.807) is 0 Å². The monoisotopic (exact) mass is 363 g/mol. The number of para-hydroxylation sites is 1. The summed E-state index contributed by atoms with van der Waals surface area (Å²) in [4.78, 5) is 13.1. The summed E-state index contributed by atoms with van der Waals surface area (Å²) in [6.07, 6.45) is 0. The van der Waals surface area contributed by atoms with Crippen LogP contribution in [0.5, 0.6) is 5.75 Å². The number of halogens is 1. The highest BCUT2D eigenvalue weighted by Crippen LogP contribution is 2.15. The van der Waals surface area contributed by atoms with Gasteiger partial charge in [-0.15, -0.1) is 0 Å². The summed E-state index contributed by atoms with van der Waals surface area (Å²) < 4.78 is 6.58. The minimum Gasteiger partial charge on any atom is -0.488 e. The normalized spacial score (nSPS) is 11.7. The highest BCUT2D eigenvalue weighted by atomic mass is 79.9. The highest BCUT2D eigenvalue weighted by Gasteiger charge is 2.10. The molecule has 116 valence electrons. The minimum atomic E-state index is -0.00434. The van der Waals surface area contributed by atoms with Crippen molar-refractivity contribution in [3.05, 3.63) is 59.1 Å². The molecule has 2 N–H and O–H groups in total. The number of carbonyl (C=O) groups is 1. The molecule has 0 heterocycles. The highest BCUT2D eigenvalue weighted by molar-refractivity contribution is 9.10. The molecule has 0 saturated heterocycles. The molecule has 1 amide bonds. The lowest BCUT2D eigenvalue weighted by Crippen LogP contribution is -3.10. The quantitative estimate of drug-likeness (QED) is 0.789. The van der Waals surface area contributed by atoms with E-state index in [0.717, 1.165) is 27.4 Å². The minimum absolute atomic E-state index is 0.00434. The van der Waals surface area contributed by atoms with Gasteiger partial charge in [-0.25, -0.2) is 0 Å². The molecular weight excluding hydrogens is 344 g/mol. The van der Waals surface area contributed by atoms with Crippen molar-refractivity contribution < 1.29 is 14.4 Å². The number of hydrogen-bond acceptors (Lipinski definition) is 2. The molecule has 2 rings (SSSR count). The van der Waals surface area contributed by atoms with E-state index in [9.17, 15) is 4.79 Å². The Balaban J connectivity index is 1.70. The second-order valence-corrected chi connectivity index (χ2v) is 6.02. The van der Waals surface area contributed by atoms with Crippen LogP contribution in [0.1, 0.15) is 0 Å². The average molecular weight is 364 g/mol. The Morgan fingerprint density at radius 3 is 2.68 bits per heavy atom. The molecule has 0 saturated carbocycles. The van der Waals surface area contributed by atoms with Crippen molar-refractivity contribution in [1.29, 1.82) is 0 Å². The van der Waals surface area contributed by atoms with Crippen LogP contribution in [0.25, 0.3) is 0 Å². The van der Waals surface area contributed by atoms with E-state index >= 15 is 0 Å². The van der Waals surface area contributed by atoms with Gasteiger partial charge in [0.15, 0.2) is 6.54 Å². The number of hydrogen-bond donors (Lipinski definition) is 2. The molecule has 5 heteroatoms. The lowest BCUT2D eigenvalue weighted by Gasteiger charge is -2.14. The molecule has 0 aliphatic rings. The Labute approximate surface area is 139 Å². The molecule has 0 bridgehead atoms. The van der Waals surface area contributed by atoms with Crippen LogP contribution in [0.2, 0.25) is 0 Å². The molecule has 4 nitrogen and oxygen atoms in total. The lowest BCUT2D eigenvalue weighted by molar-refractivity contribution is -0.871. The van der Waals surface area contributed by atoms with Crippen molar-refractivity contribution in [2.75, 3.05) is 32.1 Å². The van der Waals surface area contributed by atoms with Crippen LogP contribution in [0, 0.1) is 0 Å². The number of anilines is 1. The third kappa shape index (κ3) is 5.87. The van der Waals surface area contributed by atoms with Crippen molar-refractivity contribution in [2.24, 2.45) is 0 Å². The zero-order valence-electron chi connectivity index (χ0n) is 12.5. The average Bonchev–Trinajstić information content (AvgIpc) is 2.48. The predicted molar refractivity (Wildman–Crippen MR) is 91.3 cm³/mol. The molecular formula is C17H20BrN2O2+. The number of quaternary nitrogens is 1. The number of likely N-dealkylation sites (N-methyl/N-ethyl adjacent to an activating group) is 1. The summed E-state index contributed by atoms with van der Waals surface area (Å²) in [6, 6.07) is 17.3. The van der Waals surface area contributed by atoms with Gasteiger partial charge in [-0.2, -0.15) is 0 Å². The SMILES string of the molecule is C[NH+](CCOc1ccccc1)CC(=O)Nc1cccc(Br)c1. The standard InChI is InChI=1S/C17H19BrN2O2/c1-20(10-11-22-16-8-3-2-4-9-16)13-17(21)19-15-7-5-6-14(18)12-15/h2-9,12H,10-11,13H2,1H3,(H,19,21)/p+1. The molecule has 0 radical (unpaired) electrons. The number of ether oxygens (including phenoxy) is 1. The van der Waals surface area contributed by atoms with Crippen LogP contribution in [0.3, 0.4) is 0 Å². The maximum atomic E-state index is 12.0. The van der Waals surface area contributed by atoms with Crippen LogP contribution in [-0.2, 0) is 4.79 Å². The van der Waals surface area contributed by atoms with E-state index in [1.807, 2.05) is 61.6 Å². The molecule has 2 aromatic carbocycles. The first-order valence-corrected chi connectivity index (χ1v) is 7.97. The second kappa shape index (κ2) is 8.56. The molecule has 22 heavy (non-hydrogen) atoms. The van der Waals surface area contributed by atoms with Gasteiger partial charge in [0.1, 0.15) is 18.9 Å².